The molecule has 0 unspecified atom stereocenters. The number of carbonyl (C=O) groups excluding carboxylic acids is 8. The molecule has 1 saturated heterocycles. The third kappa shape index (κ3) is 63.0. The first-order chi connectivity index (χ1) is 26.1. The molecule has 0 saturated carbocycles. The number of carbonyl (C=O) groups is 8. The normalized spacial score (nSPS) is 10.1. The fourth-order valence-corrected chi connectivity index (χ4v) is 2.13. The van der Waals surface area contributed by atoms with Crippen LogP contribution < -0.4 is 104 Å². The quantitative estimate of drug-likeness (QED) is 0.0289. The van der Waals surface area contributed by atoms with Gasteiger partial charge >= 0.3 is 124 Å². The maximum atomic E-state index is 11.0. The summed E-state index contributed by atoms with van der Waals surface area (Å²) in [5.41, 5.74) is 0. The molecule has 0 aliphatic carbocycles. The molecule has 1 heterocycles. The summed E-state index contributed by atoms with van der Waals surface area (Å²) in [4.78, 5) is 92.2. The first-order valence-electron chi connectivity index (χ1n) is 15.1. The van der Waals surface area contributed by atoms with Crippen LogP contribution in [-0.4, -0.2) is 141 Å². The minimum atomic E-state index is -3.79. The van der Waals surface area contributed by atoms with E-state index in [4.69, 9.17) is 30.3 Å². The second kappa shape index (κ2) is 50.6. The monoisotopic (exact) mass is 922 g/mol. The van der Waals surface area contributed by atoms with Crippen molar-refractivity contribution in [1.82, 2.24) is 0 Å². The number of hydrogen-bond donors (Lipinski definition) is 4. The maximum Gasteiger partial charge on any atom is 1.00 e. The molecular formula is C30H47Na3O24P2. The number of carboxylic acid groups (broad SMARTS) is 2. The largest absolute Gasteiger partial charge is 1.00 e. The summed E-state index contributed by atoms with van der Waals surface area (Å²) in [6.07, 6.45) is -0.294. The minimum Gasteiger partial charge on any atom is -0.796 e. The Bertz CT molecular complexity index is 1300. The number of esters is 6. The van der Waals surface area contributed by atoms with Gasteiger partial charge in [0, 0.05) is 31.7 Å². The molecule has 1 aliphatic heterocycles. The van der Waals surface area contributed by atoms with Gasteiger partial charge < -0.3 is 82.6 Å². The number of rotatable bonds is 20. The number of hydrogen-bond acceptors (Lipinski definition) is 24. The fraction of sp³-hybridized carbons (Fsp3) is 0.533. The SMILES string of the molecule is C=CC(=O)OCCC(=O)OCCC(=O)OC.C=CC(=O)OCCC(=O)OCCC(=O)[O-].C=CC(=O)[O-].COP(=O)(CO)CO.O=C1CCO1.O=P([O-])(CO)CO.[Na+].[Na+].[Na+]. The predicted octanol–water partition coefficient (Wildman–Crippen LogP) is -12.8. The second-order valence-electron chi connectivity index (χ2n) is 9.00. The molecule has 59 heavy (non-hydrogen) atoms. The molecule has 1 aliphatic rings. The van der Waals surface area contributed by atoms with Gasteiger partial charge in [-0.1, -0.05) is 19.7 Å². The number of aliphatic hydroxyl groups excluding tert-OH is 4. The summed E-state index contributed by atoms with van der Waals surface area (Å²) >= 11 is 0. The van der Waals surface area contributed by atoms with E-state index in [9.17, 15) is 52.7 Å². The van der Waals surface area contributed by atoms with Gasteiger partial charge in [-0.25, -0.2) is 9.59 Å². The van der Waals surface area contributed by atoms with Gasteiger partial charge in [0.05, 0.1) is 65.4 Å². The predicted molar refractivity (Wildman–Crippen MR) is 181 cm³/mol. The second-order valence-corrected chi connectivity index (χ2v) is 13.8. The maximum absolute atomic E-state index is 11.0. The van der Waals surface area contributed by atoms with E-state index < -0.39 is 81.9 Å². The van der Waals surface area contributed by atoms with Gasteiger partial charge in [-0.3, -0.25) is 23.7 Å². The fourth-order valence-electron chi connectivity index (χ4n) is 1.72. The Balaban J connectivity index is -0.0000000923. The molecule has 1 rings (SSSR count). The summed E-state index contributed by atoms with van der Waals surface area (Å²) < 4.78 is 51.7. The molecule has 0 radical (unpaired) electrons. The van der Waals surface area contributed by atoms with Crippen LogP contribution in [0.15, 0.2) is 38.0 Å². The van der Waals surface area contributed by atoms with Gasteiger partial charge in [-0.15, -0.1) is 0 Å². The molecule has 324 valence electrons. The van der Waals surface area contributed by atoms with Gasteiger partial charge in [-0.2, -0.15) is 0 Å². The molecule has 4 N–H and O–H groups in total. The van der Waals surface area contributed by atoms with Gasteiger partial charge in [-0.05, 0) is 6.08 Å². The Hall–Kier alpha value is -1.80. The summed E-state index contributed by atoms with van der Waals surface area (Å²) in [5.74, 6) is -5.43. The molecule has 0 aromatic rings. The van der Waals surface area contributed by atoms with Crippen molar-refractivity contribution in [2.75, 3.05) is 72.6 Å². The number of carboxylic acids is 2. The van der Waals surface area contributed by atoms with Crippen molar-refractivity contribution < 1.29 is 205 Å². The van der Waals surface area contributed by atoms with Crippen LogP contribution in [0.25, 0.3) is 0 Å². The molecule has 0 bridgehead atoms. The third-order valence-corrected chi connectivity index (χ3v) is 7.12. The number of aliphatic carboxylic acids is 2. The number of ether oxygens (including phenoxy) is 6. The van der Waals surface area contributed by atoms with E-state index in [1.165, 1.54) is 14.2 Å². The zero-order valence-corrected chi connectivity index (χ0v) is 41.4. The van der Waals surface area contributed by atoms with Crippen LogP contribution in [0.2, 0.25) is 0 Å². The Morgan fingerprint density at radius 3 is 1.17 bits per heavy atom. The van der Waals surface area contributed by atoms with Crippen molar-refractivity contribution in [2.24, 2.45) is 0 Å². The Morgan fingerprint density at radius 2 is 0.983 bits per heavy atom. The zero-order chi connectivity index (χ0) is 44.6. The van der Waals surface area contributed by atoms with E-state index in [0.717, 1.165) is 18.2 Å². The minimum absolute atomic E-state index is 0. The van der Waals surface area contributed by atoms with Gasteiger partial charge in [0.25, 0.3) is 7.37 Å². The molecule has 24 nitrogen and oxygen atoms in total. The molecule has 29 heteroatoms. The van der Waals surface area contributed by atoms with E-state index in [2.05, 4.69) is 52.7 Å². The van der Waals surface area contributed by atoms with Crippen LogP contribution in [0.5, 0.6) is 0 Å². The van der Waals surface area contributed by atoms with E-state index in [1.807, 2.05) is 0 Å². The molecular weight excluding hydrogens is 875 g/mol. The van der Waals surface area contributed by atoms with E-state index in [-0.39, 0.29) is 147 Å². The molecule has 0 aromatic carbocycles. The van der Waals surface area contributed by atoms with Crippen LogP contribution in [0.1, 0.15) is 32.1 Å². The number of cyclic esters (lactones) is 1. The van der Waals surface area contributed by atoms with Gasteiger partial charge in [0.1, 0.15) is 39.1 Å². The topological polar surface area (TPSA) is 385 Å². The number of methoxy groups -OCH3 is 1. The first-order valence-corrected chi connectivity index (χ1v) is 19.1. The Kier molecular flexibility index (Phi) is 64.0. The average Bonchev–Trinajstić information content (AvgIpc) is 3.17. The third-order valence-electron chi connectivity index (χ3n) is 4.73. The average molecular weight is 923 g/mol. The molecule has 1 fully saturated rings. The summed E-state index contributed by atoms with van der Waals surface area (Å²) in [5, 5.41) is 51.3. The Morgan fingerprint density at radius 1 is 0.661 bits per heavy atom. The summed E-state index contributed by atoms with van der Waals surface area (Å²) in [7, 11) is -4.41. The standard InChI is InChI=1S/C10H14O6.C9H12O6.C3H9O4P.2C3H4O2.C2H7O4P.3Na/c1-3-8(11)15-7-5-10(13)16-6-4-9(12)14-2;1-2-8(12)14-6-4-9(13)15-5-3-7(10)11;1-7-8(6,2-4)3-5;4-3-1-2-5-3;1-2-3(4)5;3-1-7(5,6)2-4;;;/h3H,1,4-7H2,2H3;2H,1,3-6H2,(H,10,11);4-5H,2-3H2,1H3;1-2H2;2H,1H2,(H,4,5);3-4H,1-2H2,(H,5,6);;;/q;;;;;;3*+1/p-3. The summed E-state index contributed by atoms with van der Waals surface area (Å²) in [6.45, 7) is 9.43. The molecule has 0 amide bonds. The van der Waals surface area contributed by atoms with Crippen LogP contribution in [0.3, 0.4) is 0 Å². The molecule has 0 aromatic heterocycles. The van der Waals surface area contributed by atoms with Crippen LogP contribution in [0.4, 0.5) is 0 Å². The van der Waals surface area contributed by atoms with Crippen molar-refractivity contribution in [1.29, 1.82) is 0 Å². The Labute approximate surface area is 406 Å². The van der Waals surface area contributed by atoms with Gasteiger partial charge in [0.2, 0.25) is 0 Å². The van der Waals surface area contributed by atoms with Crippen molar-refractivity contribution in [3.05, 3.63) is 38.0 Å². The molecule has 0 spiro atoms. The van der Waals surface area contributed by atoms with Crippen LogP contribution >= 0.6 is 14.7 Å². The number of aliphatic hydroxyl groups is 4. The van der Waals surface area contributed by atoms with E-state index >= 15 is 0 Å². The summed E-state index contributed by atoms with van der Waals surface area (Å²) in [6, 6.07) is 0. The van der Waals surface area contributed by atoms with Gasteiger partial charge in [0.15, 0.2) is 0 Å². The van der Waals surface area contributed by atoms with Crippen molar-refractivity contribution in [2.45, 2.75) is 32.1 Å². The smallest absolute Gasteiger partial charge is 0.796 e. The van der Waals surface area contributed by atoms with Crippen LogP contribution in [-0.2, 0) is 80.4 Å². The van der Waals surface area contributed by atoms with Crippen molar-refractivity contribution >= 4 is 62.5 Å². The van der Waals surface area contributed by atoms with E-state index in [1.54, 1.807) is 0 Å². The zero-order valence-electron chi connectivity index (χ0n) is 33.6. The van der Waals surface area contributed by atoms with Crippen LogP contribution in [0, 0.1) is 0 Å². The first kappa shape index (κ1) is 74.6. The van der Waals surface area contributed by atoms with Crippen molar-refractivity contribution in [3.63, 3.8) is 0 Å². The van der Waals surface area contributed by atoms with E-state index in [0.29, 0.717) is 13.0 Å². The van der Waals surface area contributed by atoms with Crippen molar-refractivity contribution in [3.8, 4) is 0 Å². The molecule has 0 atom stereocenters.